The molecule has 30 heavy (non-hydrogen) atoms. The number of amides is 2. The predicted octanol–water partition coefficient (Wildman–Crippen LogP) is 2.40. The zero-order valence-electron chi connectivity index (χ0n) is 17.6. The molecule has 2 amide bonds. The van der Waals surface area contributed by atoms with Gasteiger partial charge in [-0.15, -0.1) is 0 Å². The number of sulfonamides is 1. The standard InChI is InChI=1S/C21H27N3O5S/c1-5-24(6-2)30(27,28)19-13-16(12-11-15(19)3)23-20(25)14-22-21(26)17-9-7-8-10-18(17)29-4/h7-13H,5-6,14H2,1-4H3,(H,22,26)(H,23,25). The molecule has 2 rings (SSSR count). The summed E-state index contributed by atoms with van der Waals surface area (Å²) in [5.41, 5.74) is 1.24. The van der Waals surface area contributed by atoms with E-state index in [1.165, 1.54) is 17.5 Å². The summed E-state index contributed by atoms with van der Waals surface area (Å²) < 4.78 is 32.2. The maximum Gasteiger partial charge on any atom is 0.255 e. The van der Waals surface area contributed by atoms with Gasteiger partial charge in [0.05, 0.1) is 24.1 Å². The van der Waals surface area contributed by atoms with E-state index in [9.17, 15) is 18.0 Å². The van der Waals surface area contributed by atoms with E-state index in [1.807, 2.05) is 0 Å². The second-order valence-corrected chi connectivity index (χ2v) is 8.41. The summed E-state index contributed by atoms with van der Waals surface area (Å²) in [5.74, 6) is -0.523. The van der Waals surface area contributed by atoms with Crippen LogP contribution in [-0.2, 0) is 14.8 Å². The molecule has 0 heterocycles. The van der Waals surface area contributed by atoms with E-state index in [1.54, 1.807) is 57.2 Å². The van der Waals surface area contributed by atoms with Crippen molar-refractivity contribution < 1.29 is 22.7 Å². The van der Waals surface area contributed by atoms with Gasteiger partial charge in [0, 0.05) is 18.8 Å². The molecule has 0 aliphatic heterocycles. The van der Waals surface area contributed by atoms with Crippen molar-refractivity contribution in [3.63, 3.8) is 0 Å². The molecule has 0 aromatic heterocycles. The van der Waals surface area contributed by atoms with Crippen LogP contribution in [0.15, 0.2) is 47.4 Å². The Morgan fingerprint density at radius 3 is 2.37 bits per heavy atom. The van der Waals surface area contributed by atoms with Gasteiger partial charge in [0.2, 0.25) is 15.9 Å². The fourth-order valence-corrected chi connectivity index (χ4v) is 4.66. The van der Waals surface area contributed by atoms with E-state index in [2.05, 4.69) is 10.6 Å². The van der Waals surface area contributed by atoms with Crippen LogP contribution in [0, 0.1) is 6.92 Å². The van der Waals surface area contributed by atoms with Gasteiger partial charge >= 0.3 is 0 Å². The molecule has 0 unspecified atom stereocenters. The monoisotopic (exact) mass is 433 g/mol. The van der Waals surface area contributed by atoms with Gasteiger partial charge in [-0.05, 0) is 36.8 Å². The third kappa shape index (κ3) is 5.37. The molecule has 0 saturated carbocycles. The number of hydrogen-bond donors (Lipinski definition) is 2. The lowest BCUT2D eigenvalue weighted by atomic mass is 10.2. The quantitative estimate of drug-likeness (QED) is 0.632. The Morgan fingerprint density at radius 2 is 1.73 bits per heavy atom. The number of benzene rings is 2. The Balaban J connectivity index is 2.10. The van der Waals surface area contributed by atoms with Gasteiger partial charge in [-0.3, -0.25) is 9.59 Å². The zero-order valence-corrected chi connectivity index (χ0v) is 18.4. The number of hydrogen-bond acceptors (Lipinski definition) is 5. The van der Waals surface area contributed by atoms with Crippen molar-refractivity contribution in [2.45, 2.75) is 25.7 Å². The van der Waals surface area contributed by atoms with E-state index < -0.39 is 21.8 Å². The maximum absolute atomic E-state index is 12.8. The molecule has 0 saturated heterocycles. The van der Waals surface area contributed by atoms with E-state index in [4.69, 9.17) is 4.74 Å². The Labute approximate surface area is 177 Å². The summed E-state index contributed by atoms with van der Waals surface area (Å²) in [4.78, 5) is 24.7. The lowest BCUT2D eigenvalue weighted by Gasteiger charge is -2.20. The summed E-state index contributed by atoms with van der Waals surface area (Å²) in [6.07, 6.45) is 0. The van der Waals surface area contributed by atoms with E-state index in [0.29, 0.717) is 35.7 Å². The van der Waals surface area contributed by atoms with Crippen molar-refractivity contribution in [1.82, 2.24) is 9.62 Å². The molecule has 0 radical (unpaired) electrons. The topological polar surface area (TPSA) is 105 Å². The van der Waals surface area contributed by atoms with Gasteiger partial charge in [0.25, 0.3) is 5.91 Å². The Hall–Kier alpha value is -2.91. The van der Waals surface area contributed by atoms with Crippen LogP contribution >= 0.6 is 0 Å². The van der Waals surface area contributed by atoms with Crippen molar-refractivity contribution in [3.05, 3.63) is 53.6 Å². The number of aryl methyl sites for hydroxylation is 1. The molecule has 0 bridgehead atoms. The number of ether oxygens (including phenoxy) is 1. The average Bonchev–Trinajstić information content (AvgIpc) is 2.73. The molecular formula is C21H27N3O5S. The third-order valence-corrected chi connectivity index (χ3v) is 6.75. The van der Waals surface area contributed by atoms with Crippen molar-refractivity contribution in [2.24, 2.45) is 0 Å². The van der Waals surface area contributed by atoms with Crippen LogP contribution in [-0.4, -0.2) is 51.3 Å². The molecule has 2 aromatic carbocycles. The summed E-state index contributed by atoms with van der Waals surface area (Å²) in [5, 5.41) is 5.15. The molecule has 162 valence electrons. The first kappa shape index (κ1) is 23.4. The van der Waals surface area contributed by atoms with Crippen LogP contribution in [0.4, 0.5) is 5.69 Å². The highest BCUT2D eigenvalue weighted by molar-refractivity contribution is 7.89. The highest BCUT2D eigenvalue weighted by atomic mass is 32.2. The fraction of sp³-hybridized carbons (Fsp3) is 0.333. The molecule has 8 nitrogen and oxygen atoms in total. The van der Waals surface area contributed by atoms with Gasteiger partial charge < -0.3 is 15.4 Å². The van der Waals surface area contributed by atoms with Gasteiger partial charge in [0.15, 0.2) is 0 Å². The van der Waals surface area contributed by atoms with Crippen LogP contribution in [0.5, 0.6) is 5.75 Å². The van der Waals surface area contributed by atoms with Crippen LogP contribution in [0.1, 0.15) is 29.8 Å². The number of para-hydroxylation sites is 1. The predicted molar refractivity (Wildman–Crippen MR) is 115 cm³/mol. The number of rotatable bonds is 9. The smallest absolute Gasteiger partial charge is 0.255 e. The van der Waals surface area contributed by atoms with Crippen molar-refractivity contribution in [1.29, 1.82) is 0 Å². The first-order valence-electron chi connectivity index (χ1n) is 9.56. The fourth-order valence-electron chi connectivity index (χ4n) is 2.95. The SMILES string of the molecule is CCN(CC)S(=O)(=O)c1cc(NC(=O)CNC(=O)c2ccccc2OC)ccc1C. The largest absolute Gasteiger partial charge is 0.496 e. The molecule has 0 aliphatic rings. The van der Waals surface area contributed by atoms with E-state index in [-0.39, 0.29) is 11.4 Å². The summed E-state index contributed by atoms with van der Waals surface area (Å²) in [7, 11) is -2.20. The number of anilines is 1. The first-order chi connectivity index (χ1) is 14.2. The summed E-state index contributed by atoms with van der Waals surface area (Å²) >= 11 is 0. The molecule has 2 aromatic rings. The van der Waals surface area contributed by atoms with Crippen molar-refractivity contribution in [3.8, 4) is 5.75 Å². The van der Waals surface area contributed by atoms with Gasteiger partial charge in [-0.25, -0.2) is 8.42 Å². The van der Waals surface area contributed by atoms with Gasteiger partial charge in [-0.1, -0.05) is 32.0 Å². The number of methoxy groups -OCH3 is 1. The van der Waals surface area contributed by atoms with E-state index >= 15 is 0 Å². The summed E-state index contributed by atoms with van der Waals surface area (Å²) in [6.45, 7) is 5.67. The molecule has 0 fully saturated rings. The van der Waals surface area contributed by atoms with Crippen LogP contribution in [0.25, 0.3) is 0 Å². The Bertz CT molecular complexity index is 1020. The second-order valence-electron chi connectivity index (χ2n) is 6.50. The number of nitrogens with zero attached hydrogens (tertiary/aromatic N) is 1. The number of carbonyl (C=O) groups is 2. The minimum atomic E-state index is -3.66. The average molecular weight is 434 g/mol. The second kappa shape index (κ2) is 10.2. The van der Waals surface area contributed by atoms with Crippen molar-refractivity contribution >= 4 is 27.5 Å². The number of carbonyl (C=O) groups excluding carboxylic acids is 2. The highest BCUT2D eigenvalue weighted by Gasteiger charge is 2.24. The highest BCUT2D eigenvalue weighted by Crippen LogP contribution is 2.23. The lowest BCUT2D eigenvalue weighted by Crippen LogP contribution is -2.33. The summed E-state index contributed by atoms with van der Waals surface area (Å²) in [6, 6.07) is 11.4. The van der Waals surface area contributed by atoms with E-state index in [0.717, 1.165) is 0 Å². The lowest BCUT2D eigenvalue weighted by molar-refractivity contribution is -0.115. The molecular weight excluding hydrogens is 406 g/mol. The molecule has 0 spiro atoms. The Kier molecular flexibility index (Phi) is 7.96. The normalized spacial score (nSPS) is 11.2. The zero-order chi connectivity index (χ0) is 22.3. The van der Waals surface area contributed by atoms with Crippen LogP contribution in [0.3, 0.4) is 0 Å². The maximum atomic E-state index is 12.8. The molecule has 0 aliphatic carbocycles. The van der Waals surface area contributed by atoms with Gasteiger partial charge in [0.1, 0.15) is 5.75 Å². The van der Waals surface area contributed by atoms with Crippen LogP contribution < -0.4 is 15.4 Å². The minimum absolute atomic E-state index is 0.141. The Morgan fingerprint density at radius 1 is 1.07 bits per heavy atom. The van der Waals surface area contributed by atoms with Crippen LogP contribution in [0.2, 0.25) is 0 Å². The first-order valence-corrected chi connectivity index (χ1v) is 11.0. The number of nitrogens with one attached hydrogen (secondary N) is 2. The third-order valence-electron chi connectivity index (χ3n) is 4.56. The molecule has 0 atom stereocenters. The minimum Gasteiger partial charge on any atom is -0.496 e. The van der Waals surface area contributed by atoms with Crippen molar-refractivity contribution in [2.75, 3.05) is 32.1 Å². The van der Waals surface area contributed by atoms with Gasteiger partial charge in [-0.2, -0.15) is 4.31 Å². The molecule has 9 heteroatoms. The molecule has 2 N–H and O–H groups in total.